The summed E-state index contributed by atoms with van der Waals surface area (Å²) in [5.74, 6) is 0.246. The van der Waals surface area contributed by atoms with Crippen molar-refractivity contribution in [3.05, 3.63) is 46.3 Å². The largest absolute Gasteiger partial charge is 0.494 e. The molecule has 0 spiro atoms. The first-order valence-corrected chi connectivity index (χ1v) is 6.27. The van der Waals surface area contributed by atoms with E-state index < -0.39 is 5.82 Å². The number of methoxy groups -OCH3 is 1. The number of nitrogens with zero attached hydrogens (tertiary/aromatic N) is 1. The summed E-state index contributed by atoms with van der Waals surface area (Å²) in [6.07, 6.45) is 0. The van der Waals surface area contributed by atoms with Crippen LogP contribution in [0, 0.1) is 5.82 Å². The van der Waals surface area contributed by atoms with Gasteiger partial charge in [-0.05, 0) is 18.2 Å². The van der Waals surface area contributed by atoms with Crippen LogP contribution in [0.1, 0.15) is 26.6 Å². The highest BCUT2D eigenvalue weighted by Gasteiger charge is 2.18. The minimum Gasteiger partial charge on any atom is -0.494 e. The quantitative estimate of drug-likeness (QED) is 0.917. The molecular formula is C15H17FN2O2. The van der Waals surface area contributed by atoms with E-state index in [1.165, 1.54) is 25.3 Å². The lowest BCUT2D eigenvalue weighted by atomic mass is 9.95. The van der Waals surface area contributed by atoms with Gasteiger partial charge in [0.2, 0.25) is 0 Å². The molecule has 0 unspecified atom stereocenters. The summed E-state index contributed by atoms with van der Waals surface area (Å²) in [7, 11) is 1.40. The number of halogens is 1. The van der Waals surface area contributed by atoms with Gasteiger partial charge in [0.05, 0.1) is 12.8 Å². The van der Waals surface area contributed by atoms with E-state index in [4.69, 9.17) is 4.74 Å². The van der Waals surface area contributed by atoms with Crippen LogP contribution in [-0.4, -0.2) is 17.1 Å². The van der Waals surface area contributed by atoms with Crippen LogP contribution in [-0.2, 0) is 5.41 Å². The number of aromatic amines is 1. The number of rotatable bonds is 2. The maximum absolute atomic E-state index is 13.7. The molecule has 0 saturated carbocycles. The molecule has 0 atom stereocenters. The Labute approximate surface area is 116 Å². The molecule has 0 aliphatic heterocycles. The van der Waals surface area contributed by atoms with E-state index in [-0.39, 0.29) is 16.7 Å². The molecule has 1 aromatic heterocycles. The van der Waals surface area contributed by atoms with Gasteiger partial charge in [0.1, 0.15) is 5.82 Å². The van der Waals surface area contributed by atoms with Crippen LogP contribution in [0.2, 0.25) is 0 Å². The van der Waals surface area contributed by atoms with Crippen molar-refractivity contribution in [3.8, 4) is 17.0 Å². The number of ether oxygens (including phenoxy) is 1. The average molecular weight is 276 g/mol. The summed E-state index contributed by atoms with van der Waals surface area (Å²) < 4.78 is 18.6. The summed E-state index contributed by atoms with van der Waals surface area (Å²) in [6, 6.07) is 5.87. The molecular weight excluding hydrogens is 259 g/mol. The number of benzene rings is 1. The summed E-state index contributed by atoms with van der Waals surface area (Å²) in [5.41, 5.74) is 0.441. The highest BCUT2D eigenvalue weighted by molar-refractivity contribution is 5.60. The third-order valence-corrected chi connectivity index (χ3v) is 2.90. The van der Waals surface area contributed by atoms with E-state index in [9.17, 15) is 9.18 Å². The van der Waals surface area contributed by atoms with Crippen LogP contribution >= 0.6 is 0 Å². The van der Waals surface area contributed by atoms with Gasteiger partial charge in [-0.1, -0.05) is 20.8 Å². The molecule has 1 aromatic carbocycles. The van der Waals surface area contributed by atoms with Gasteiger partial charge in [0.15, 0.2) is 11.6 Å². The zero-order valence-electron chi connectivity index (χ0n) is 12.0. The lowest BCUT2D eigenvalue weighted by Gasteiger charge is -2.17. The Bertz CT molecular complexity index is 687. The second-order valence-electron chi connectivity index (χ2n) is 5.58. The van der Waals surface area contributed by atoms with E-state index in [0.29, 0.717) is 17.1 Å². The van der Waals surface area contributed by atoms with Crippen molar-refractivity contribution in [2.24, 2.45) is 0 Å². The molecule has 1 N–H and O–H groups in total. The summed E-state index contributed by atoms with van der Waals surface area (Å²) in [6.45, 7) is 5.84. The second kappa shape index (κ2) is 5.07. The Balaban J connectivity index is 2.56. The first-order valence-electron chi connectivity index (χ1n) is 6.27. The molecule has 20 heavy (non-hydrogen) atoms. The normalized spacial score (nSPS) is 11.4. The molecule has 5 heteroatoms. The van der Waals surface area contributed by atoms with E-state index in [2.05, 4.69) is 9.97 Å². The van der Waals surface area contributed by atoms with E-state index in [1.54, 1.807) is 6.07 Å². The maximum Gasteiger partial charge on any atom is 0.251 e. The first kappa shape index (κ1) is 14.2. The number of aromatic nitrogens is 2. The minimum atomic E-state index is -0.482. The number of H-pyrrole nitrogens is 1. The van der Waals surface area contributed by atoms with Gasteiger partial charge < -0.3 is 9.72 Å². The van der Waals surface area contributed by atoms with Crippen molar-refractivity contribution < 1.29 is 9.13 Å². The van der Waals surface area contributed by atoms with Crippen LogP contribution in [0.3, 0.4) is 0 Å². The Hall–Kier alpha value is -2.17. The zero-order valence-corrected chi connectivity index (χ0v) is 12.0. The fourth-order valence-corrected chi connectivity index (χ4v) is 1.79. The van der Waals surface area contributed by atoms with Crippen molar-refractivity contribution in [1.82, 2.24) is 9.97 Å². The topological polar surface area (TPSA) is 55.0 Å². The predicted molar refractivity (Wildman–Crippen MR) is 75.5 cm³/mol. The van der Waals surface area contributed by atoms with Crippen molar-refractivity contribution in [1.29, 1.82) is 0 Å². The highest BCUT2D eigenvalue weighted by Crippen LogP contribution is 2.25. The molecule has 0 bridgehead atoms. The van der Waals surface area contributed by atoms with Crippen LogP contribution in [0.4, 0.5) is 4.39 Å². The van der Waals surface area contributed by atoms with Gasteiger partial charge in [-0.3, -0.25) is 4.79 Å². The molecule has 0 fully saturated rings. The van der Waals surface area contributed by atoms with Gasteiger partial charge in [-0.2, -0.15) is 0 Å². The molecule has 106 valence electrons. The fourth-order valence-electron chi connectivity index (χ4n) is 1.79. The van der Waals surface area contributed by atoms with Crippen molar-refractivity contribution in [2.75, 3.05) is 7.11 Å². The summed E-state index contributed by atoms with van der Waals surface area (Å²) in [4.78, 5) is 18.8. The molecule has 2 aromatic rings. The SMILES string of the molecule is COc1ccc(-c2cc(=O)[nH]c(C(C)(C)C)n2)cc1F. The first-order chi connectivity index (χ1) is 9.31. The van der Waals surface area contributed by atoms with Crippen molar-refractivity contribution >= 4 is 0 Å². The fraction of sp³-hybridized carbons (Fsp3) is 0.333. The molecule has 0 saturated heterocycles. The Morgan fingerprint density at radius 2 is 1.95 bits per heavy atom. The Kier molecular flexibility index (Phi) is 3.61. The minimum absolute atomic E-state index is 0.162. The molecule has 0 amide bonds. The predicted octanol–water partition coefficient (Wildman–Crippen LogP) is 2.88. The lowest BCUT2D eigenvalue weighted by Crippen LogP contribution is -2.21. The van der Waals surface area contributed by atoms with Crippen molar-refractivity contribution in [3.63, 3.8) is 0 Å². The molecule has 0 aliphatic rings. The smallest absolute Gasteiger partial charge is 0.251 e. The molecule has 1 heterocycles. The van der Waals surface area contributed by atoms with Gasteiger partial charge in [0.25, 0.3) is 5.56 Å². The second-order valence-corrected chi connectivity index (χ2v) is 5.58. The van der Waals surface area contributed by atoms with E-state index in [1.807, 2.05) is 20.8 Å². The number of nitrogens with one attached hydrogen (secondary N) is 1. The lowest BCUT2D eigenvalue weighted by molar-refractivity contribution is 0.386. The number of hydrogen-bond acceptors (Lipinski definition) is 3. The Morgan fingerprint density at radius 1 is 1.25 bits per heavy atom. The number of hydrogen-bond donors (Lipinski definition) is 1. The monoisotopic (exact) mass is 276 g/mol. The third kappa shape index (κ3) is 2.87. The zero-order chi connectivity index (χ0) is 14.9. The van der Waals surface area contributed by atoms with E-state index in [0.717, 1.165) is 0 Å². The summed E-state index contributed by atoms with van der Waals surface area (Å²) >= 11 is 0. The molecule has 0 aliphatic carbocycles. The van der Waals surface area contributed by atoms with E-state index >= 15 is 0 Å². The molecule has 2 rings (SSSR count). The van der Waals surface area contributed by atoms with Gasteiger partial charge in [0, 0.05) is 17.0 Å². The highest BCUT2D eigenvalue weighted by atomic mass is 19.1. The third-order valence-electron chi connectivity index (χ3n) is 2.90. The van der Waals surface area contributed by atoms with Gasteiger partial charge >= 0.3 is 0 Å². The van der Waals surface area contributed by atoms with Crippen LogP contribution < -0.4 is 10.3 Å². The Morgan fingerprint density at radius 3 is 2.50 bits per heavy atom. The van der Waals surface area contributed by atoms with Gasteiger partial charge in [-0.25, -0.2) is 9.37 Å². The summed E-state index contributed by atoms with van der Waals surface area (Å²) in [5, 5.41) is 0. The van der Waals surface area contributed by atoms with Crippen LogP contribution in [0.15, 0.2) is 29.1 Å². The standard InChI is InChI=1S/C15H17FN2O2/c1-15(2,3)14-17-11(8-13(19)18-14)9-5-6-12(20-4)10(16)7-9/h5-8H,1-4H3,(H,17,18,19). The average Bonchev–Trinajstić information content (AvgIpc) is 2.37. The maximum atomic E-state index is 13.7. The van der Waals surface area contributed by atoms with Crippen LogP contribution in [0.25, 0.3) is 11.3 Å². The van der Waals surface area contributed by atoms with Crippen LogP contribution in [0.5, 0.6) is 5.75 Å². The molecule has 0 radical (unpaired) electrons. The van der Waals surface area contributed by atoms with Crippen molar-refractivity contribution in [2.45, 2.75) is 26.2 Å². The van der Waals surface area contributed by atoms with Gasteiger partial charge in [-0.15, -0.1) is 0 Å². The molecule has 4 nitrogen and oxygen atoms in total.